The standard InChI is InChI=1S/C10H17F3N2/c11-10(12,13)9(4-5-9)15-8-3-1-2-7(8)6-14/h7-8,15H,1-6,14H2. The highest BCUT2D eigenvalue weighted by atomic mass is 19.4. The second-order valence-electron chi connectivity index (χ2n) is 4.76. The maximum absolute atomic E-state index is 12.7. The van der Waals surface area contributed by atoms with E-state index in [0.717, 1.165) is 19.3 Å². The van der Waals surface area contributed by atoms with Crippen LogP contribution >= 0.6 is 0 Å². The molecule has 2 unspecified atom stereocenters. The van der Waals surface area contributed by atoms with E-state index >= 15 is 0 Å². The molecule has 0 aromatic rings. The highest BCUT2D eigenvalue weighted by molar-refractivity contribution is 5.10. The summed E-state index contributed by atoms with van der Waals surface area (Å²) in [7, 11) is 0. The van der Waals surface area contributed by atoms with Crippen molar-refractivity contribution in [3.8, 4) is 0 Å². The van der Waals surface area contributed by atoms with Gasteiger partial charge in [0.15, 0.2) is 0 Å². The molecule has 0 spiro atoms. The van der Waals surface area contributed by atoms with E-state index in [1.54, 1.807) is 0 Å². The largest absolute Gasteiger partial charge is 0.406 e. The number of hydrogen-bond donors (Lipinski definition) is 2. The van der Waals surface area contributed by atoms with Crippen molar-refractivity contribution in [1.29, 1.82) is 0 Å². The predicted octanol–water partition coefficient (Wildman–Crippen LogP) is 1.80. The van der Waals surface area contributed by atoms with Gasteiger partial charge >= 0.3 is 6.18 Å². The van der Waals surface area contributed by atoms with Crippen LogP contribution in [0.3, 0.4) is 0 Å². The van der Waals surface area contributed by atoms with Crippen LogP contribution in [-0.4, -0.2) is 24.3 Å². The lowest BCUT2D eigenvalue weighted by Gasteiger charge is -2.28. The van der Waals surface area contributed by atoms with E-state index in [2.05, 4.69) is 5.32 Å². The van der Waals surface area contributed by atoms with Crippen molar-refractivity contribution in [2.24, 2.45) is 11.7 Å². The molecule has 0 aliphatic heterocycles. The van der Waals surface area contributed by atoms with Gasteiger partial charge in [-0.1, -0.05) is 6.42 Å². The van der Waals surface area contributed by atoms with Gasteiger partial charge in [0.25, 0.3) is 0 Å². The molecule has 2 saturated carbocycles. The fourth-order valence-corrected chi connectivity index (χ4v) is 2.50. The smallest absolute Gasteiger partial charge is 0.330 e. The zero-order valence-corrected chi connectivity index (χ0v) is 8.61. The second kappa shape index (κ2) is 3.63. The van der Waals surface area contributed by atoms with Gasteiger partial charge < -0.3 is 11.1 Å². The minimum absolute atomic E-state index is 0.0286. The van der Waals surface area contributed by atoms with Gasteiger partial charge in [0.1, 0.15) is 5.54 Å². The summed E-state index contributed by atoms with van der Waals surface area (Å²) >= 11 is 0. The molecule has 0 radical (unpaired) electrons. The number of alkyl halides is 3. The number of nitrogens with two attached hydrogens (primary N) is 1. The molecule has 0 aromatic heterocycles. The first-order chi connectivity index (χ1) is 6.98. The lowest BCUT2D eigenvalue weighted by molar-refractivity contribution is -0.168. The Labute approximate surface area is 87.4 Å². The normalized spacial score (nSPS) is 34.4. The number of halogens is 3. The summed E-state index contributed by atoms with van der Waals surface area (Å²) in [4.78, 5) is 0. The molecule has 3 N–H and O–H groups in total. The van der Waals surface area contributed by atoms with Crippen molar-refractivity contribution in [3.05, 3.63) is 0 Å². The molecule has 88 valence electrons. The van der Waals surface area contributed by atoms with Gasteiger partial charge in [-0.15, -0.1) is 0 Å². The number of rotatable bonds is 3. The Balaban J connectivity index is 1.97. The lowest BCUT2D eigenvalue weighted by Crippen LogP contribution is -2.51. The summed E-state index contributed by atoms with van der Waals surface area (Å²) in [5, 5.41) is 2.80. The summed E-state index contributed by atoms with van der Waals surface area (Å²) in [6.45, 7) is 0.492. The first-order valence-corrected chi connectivity index (χ1v) is 5.53. The molecule has 2 fully saturated rings. The minimum atomic E-state index is -4.10. The van der Waals surface area contributed by atoms with Gasteiger partial charge in [-0.05, 0) is 38.1 Å². The number of hydrogen-bond acceptors (Lipinski definition) is 2. The Kier molecular flexibility index (Phi) is 2.71. The Morgan fingerprint density at radius 3 is 2.40 bits per heavy atom. The Morgan fingerprint density at radius 2 is 1.93 bits per heavy atom. The summed E-state index contributed by atoms with van der Waals surface area (Å²) in [6.07, 6.45) is -0.863. The topological polar surface area (TPSA) is 38.0 Å². The highest BCUT2D eigenvalue weighted by Crippen LogP contribution is 2.50. The average molecular weight is 222 g/mol. The second-order valence-corrected chi connectivity index (χ2v) is 4.76. The summed E-state index contributed by atoms with van der Waals surface area (Å²) in [5.74, 6) is 0.227. The quantitative estimate of drug-likeness (QED) is 0.764. The molecular weight excluding hydrogens is 205 g/mol. The zero-order valence-electron chi connectivity index (χ0n) is 8.61. The van der Waals surface area contributed by atoms with Gasteiger partial charge in [0.05, 0.1) is 0 Å². The summed E-state index contributed by atoms with van der Waals surface area (Å²) < 4.78 is 38.1. The van der Waals surface area contributed by atoms with E-state index in [1.807, 2.05) is 0 Å². The number of nitrogens with one attached hydrogen (secondary N) is 1. The molecule has 2 atom stereocenters. The van der Waals surface area contributed by atoms with Crippen LogP contribution in [0, 0.1) is 5.92 Å². The Hall–Kier alpha value is -0.290. The van der Waals surface area contributed by atoms with Crippen LogP contribution < -0.4 is 11.1 Å². The maximum Gasteiger partial charge on any atom is 0.406 e. The molecule has 15 heavy (non-hydrogen) atoms. The van der Waals surface area contributed by atoms with E-state index in [1.165, 1.54) is 0 Å². The van der Waals surface area contributed by atoms with Gasteiger partial charge in [-0.3, -0.25) is 0 Å². The van der Waals surface area contributed by atoms with E-state index < -0.39 is 11.7 Å². The first-order valence-electron chi connectivity index (χ1n) is 5.53. The molecule has 0 aromatic carbocycles. The first kappa shape index (κ1) is 11.2. The maximum atomic E-state index is 12.7. The van der Waals surface area contributed by atoms with Crippen LogP contribution in [0.5, 0.6) is 0 Å². The summed E-state index contributed by atoms with van der Waals surface area (Å²) in [5.41, 5.74) is 3.98. The average Bonchev–Trinajstić information content (AvgIpc) is 2.78. The van der Waals surface area contributed by atoms with Crippen LogP contribution in [0.25, 0.3) is 0 Å². The van der Waals surface area contributed by atoms with E-state index in [9.17, 15) is 13.2 Å². The van der Waals surface area contributed by atoms with Gasteiger partial charge in [0, 0.05) is 6.04 Å². The molecular formula is C10H17F3N2. The van der Waals surface area contributed by atoms with Crippen LogP contribution in [0.15, 0.2) is 0 Å². The highest BCUT2D eigenvalue weighted by Gasteiger charge is 2.64. The molecule has 0 saturated heterocycles. The van der Waals surface area contributed by atoms with Gasteiger partial charge in [0.2, 0.25) is 0 Å². The third-order valence-electron chi connectivity index (χ3n) is 3.72. The van der Waals surface area contributed by atoms with Crippen molar-refractivity contribution in [2.75, 3.05) is 6.54 Å². The molecule has 2 rings (SSSR count). The van der Waals surface area contributed by atoms with Crippen molar-refractivity contribution < 1.29 is 13.2 Å². The molecule has 2 aliphatic carbocycles. The van der Waals surface area contributed by atoms with Crippen LogP contribution in [0.4, 0.5) is 13.2 Å². The van der Waals surface area contributed by atoms with Crippen molar-refractivity contribution in [1.82, 2.24) is 5.32 Å². The molecule has 0 bridgehead atoms. The van der Waals surface area contributed by atoms with Crippen LogP contribution in [0.1, 0.15) is 32.1 Å². The van der Waals surface area contributed by atoms with Crippen molar-refractivity contribution >= 4 is 0 Å². The van der Waals surface area contributed by atoms with Gasteiger partial charge in [-0.2, -0.15) is 13.2 Å². The molecule has 0 heterocycles. The fourth-order valence-electron chi connectivity index (χ4n) is 2.50. The van der Waals surface area contributed by atoms with Crippen LogP contribution in [-0.2, 0) is 0 Å². The summed E-state index contributed by atoms with van der Waals surface area (Å²) in [6, 6.07) is -0.0286. The van der Waals surface area contributed by atoms with E-state index in [0.29, 0.717) is 6.54 Å². The monoisotopic (exact) mass is 222 g/mol. The fraction of sp³-hybridized carbons (Fsp3) is 1.00. The SMILES string of the molecule is NCC1CCCC1NC1(C(F)(F)F)CC1. The molecule has 2 nitrogen and oxygen atoms in total. The van der Waals surface area contributed by atoms with E-state index in [-0.39, 0.29) is 24.8 Å². The molecule has 5 heteroatoms. The lowest BCUT2D eigenvalue weighted by atomic mass is 10.0. The molecule has 2 aliphatic rings. The predicted molar refractivity (Wildman–Crippen MR) is 51.3 cm³/mol. The third kappa shape index (κ3) is 1.99. The molecule has 0 amide bonds. The van der Waals surface area contributed by atoms with Gasteiger partial charge in [-0.25, -0.2) is 0 Å². The Bertz CT molecular complexity index is 235. The minimum Gasteiger partial charge on any atom is -0.330 e. The third-order valence-corrected chi connectivity index (χ3v) is 3.72. The van der Waals surface area contributed by atoms with Crippen molar-refractivity contribution in [2.45, 2.75) is 49.9 Å². The van der Waals surface area contributed by atoms with E-state index in [4.69, 9.17) is 5.73 Å². The Morgan fingerprint density at radius 1 is 1.27 bits per heavy atom. The van der Waals surface area contributed by atoms with Crippen molar-refractivity contribution in [3.63, 3.8) is 0 Å². The van der Waals surface area contributed by atoms with Crippen LogP contribution in [0.2, 0.25) is 0 Å². The zero-order chi connectivity index (χ0) is 11.1.